The van der Waals surface area contributed by atoms with Gasteiger partial charge in [0, 0.05) is 16.4 Å². The van der Waals surface area contributed by atoms with Gasteiger partial charge in [-0.3, -0.25) is 0 Å². The summed E-state index contributed by atoms with van der Waals surface area (Å²) in [6, 6.07) is 4.00. The first-order chi connectivity index (χ1) is 8.47. The summed E-state index contributed by atoms with van der Waals surface area (Å²) in [4.78, 5) is 6.61. The highest BCUT2D eigenvalue weighted by atomic mass is 79.9. The van der Waals surface area contributed by atoms with Gasteiger partial charge in [-0.1, -0.05) is 15.9 Å². The zero-order chi connectivity index (χ0) is 13.2. The van der Waals surface area contributed by atoms with Crippen molar-refractivity contribution in [1.82, 2.24) is 9.97 Å². The second kappa shape index (κ2) is 5.01. The van der Waals surface area contributed by atoms with E-state index in [1.54, 1.807) is 12.3 Å². The monoisotopic (exact) mass is 319 g/mol. The molecule has 0 aliphatic carbocycles. The summed E-state index contributed by atoms with van der Waals surface area (Å²) in [6.45, 7) is 0.255. The second-order valence-corrected chi connectivity index (χ2v) is 4.53. The Morgan fingerprint density at radius 2 is 2.11 bits per heavy atom. The van der Waals surface area contributed by atoms with Crippen molar-refractivity contribution in [2.45, 2.75) is 12.7 Å². The number of imidazole rings is 1. The van der Waals surface area contributed by atoms with Crippen molar-refractivity contribution in [1.29, 1.82) is 0 Å². The summed E-state index contributed by atoms with van der Waals surface area (Å²) in [6.07, 6.45) is -1.36. The van der Waals surface area contributed by atoms with Crippen molar-refractivity contribution in [3.63, 3.8) is 0 Å². The average Bonchev–Trinajstić information content (AvgIpc) is 2.79. The summed E-state index contributed by atoms with van der Waals surface area (Å²) in [5, 5.41) is 2.74. The van der Waals surface area contributed by atoms with Gasteiger partial charge in [0.15, 0.2) is 0 Å². The standard InChI is InChI=1S/C11H9BrF3N3/c12-7-1-2-10(9(3-7)11(13,14)15)17-5-8-4-16-6-18-8/h1-4,6,17H,5H2,(H,16,18). The molecule has 3 nitrogen and oxygen atoms in total. The first-order valence-corrected chi connectivity index (χ1v) is 5.84. The lowest BCUT2D eigenvalue weighted by molar-refractivity contribution is -0.137. The van der Waals surface area contributed by atoms with Gasteiger partial charge in [0.1, 0.15) is 0 Å². The molecule has 1 aromatic heterocycles. The van der Waals surface area contributed by atoms with E-state index in [1.165, 1.54) is 12.4 Å². The Balaban J connectivity index is 2.22. The number of nitrogens with one attached hydrogen (secondary N) is 2. The van der Waals surface area contributed by atoms with Gasteiger partial charge in [0.25, 0.3) is 0 Å². The molecule has 0 fully saturated rings. The zero-order valence-corrected chi connectivity index (χ0v) is 10.6. The predicted molar refractivity (Wildman–Crippen MR) is 65.1 cm³/mol. The number of nitrogens with zero attached hydrogens (tertiary/aromatic N) is 1. The summed E-state index contributed by atoms with van der Waals surface area (Å²) in [7, 11) is 0. The highest BCUT2D eigenvalue weighted by Crippen LogP contribution is 2.36. The quantitative estimate of drug-likeness (QED) is 0.903. The maximum Gasteiger partial charge on any atom is 0.418 e. The molecular weight excluding hydrogens is 311 g/mol. The van der Waals surface area contributed by atoms with Crippen molar-refractivity contribution in [3.05, 3.63) is 46.5 Å². The minimum absolute atomic E-state index is 0.0419. The molecule has 2 aromatic rings. The molecule has 0 bridgehead atoms. The minimum atomic E-state index is -4.39. The molecule has 0 aliphatic rings. The summed E-state index contributed by atoms with van der Waals surface area (Å²) < 4.78 is 38.8. The van der Waals surface area contributed by atoms with Crippen molar-refractivity contribution in [2.75, 3.05) is 5.32 Å². The number of hydrogen-bond acceptors (Lipinski definition) is 2. The number of benzene rings is 1. The fourth-order valence-electron chi connectivity index (χ4n) is 1.48. The maximum absolute atomic E-state index is 12.8. The van der Waals surface area contributed by atoms with Crippen LogP contribution >= 0.6 is 15.9 Å². The van der Waals surface area contributed by atoms with Gasteiger partial charge in [-0.25, -0.2) is 4.98 Å². The number of alkyl halides is 3. The highest BCUT2D eigenvalue weighted by Gasteiger charge is 2.33. The maximum atomic E-state index is 12.8. The van der Waals surface area contributed by atoms with Crippen LogP contribution in [-0.2, 0) is 12.7 Å². The third-order valence-corrected chi connectivity index (χ3v) is 2.80. The van der Waals surface area contributed by atoms with Gasteiger partial charge < -0.3 is 10.3 Å². The molecule has 1 aromatic carbocycles. The van der Waals surface area contributed by atoms with E-state index < -0.39 is 11.7 Å². The molecule has 0 saturated carbocycles. The number of aromatic nitrogens is 2. The SMILES string of the molecule is FC(F)(F)c1cc(Br)ccc1NCc1cnc[nH]1. The van der Waals surface area contributed by atoms with Crippen molar-refractivity contribution in [3.8, 4) is 0 Å². The Labute approximate surface area is 110 Å². The van der Waals surface area contributed by atoms with E-state index >= 15 is 0 Å². The summed E-state index contributed by atoms with van der Waals surface area (Å²) in [5.41, 5.74) is 0.0581. The third kappa shape index (κ3) is 3.04. The lowest BCUT2D eigenvalue weighted by Crippen LogP contribution is -2.11. The first-order valence-electron chi connectivity index (χ1n) is 5.04. The van der Waals surface area contributed by atoms with Crippen LogP contribution in [0.4, 0.5) is 18.9 Å². The highest BCUT2D eigenvalue weighted by molar-refractivity contribution is 9.10. The van der Waals surface area contributed by atoms with E-state index in [4.69, 9.17) is 0 Å². The number of anilines is 1. The minimum Gasteiger partial charge on any atom is -0.379 e. The predicted octanol–water partition coefficient (Wildman–Crippen LogP) is 3.80. The van der Waals surface area contributed by atoms with Gasteiger partial charge in [-0.15, -0.1) is 0 Å². The van der Waals surface area contributed by atoms with Crippen LogP contribution in [0.15, 0.2) is 35.2 Å². The van der Waals surface area contributed by atoms with Crippen molar-refractivity contribution >= 4 is 21.6 Å². The van der Waals surface area contributed by atoms with Gasteiger partial charge in [0.2, 0.25) is 0 Å². The Bertz CT molecular complexity index is 523. The van der Waals surface area contributed by atoms with E-state index in [0.717, 1.165) is 6.07 Å². The molecule has 0 amide bonds. The molecule has 0 radical (unpaired) electrons. The van der Waals surface area contributed by atoms with Crippen LogP contribution in [0.1, 0.15) is 11.3 Å². The van der Waals surface area contributed by atoms with Crippen LogP contribution in [0.5, 0.6) is 0 Å². The fraction of sp³-hybridized carbons (Fsp3) is 0.182. The average molecular weight is 320 g/mol. The van der Waals surface area contributed by atoms with Crippen LogP contribution in [0.25, 0.3) is 0 Å². The number of H-pyrrole nitrogens is 1. The molecular formula is C11H9BrF3N3. The Kier molecular flexibility index (Phi) is 3.60. The van der Waals surface area contributed by atoms with Crippen LogP contribution in [0.2, 0.25) is 0 Å². The molecule has 96 valence electrons. The van der Waals surface area contributed by atoms with E-state index in [1.807, 2.05) is 0 Å². The first kappa shape index (κ1) is 12.9. The molecule has 1 heterocycles. The smallest absolute Gasteiger partial charge is 0.379 e. The number of rotatable bonds is 3. The molecule has 0 unspecified atom stereocenters. The lowest BCUT2D eigenvalue weighted by atomic mass is 10.1. The summed E-state index contributed by atoms with van der Waals surface area (Å²) in [5.74, 6) is 0. The molecule has 2 N–H and O–H groups in total. The molecule has 0 saturated heterocycles. The van der Waals surface area contributed by atoms with Gasteiger partial charge in [-0.2, -0.15) is 13.2 Å². The molecule has 2 rings (SSSR count). The third-order valence-electron chi connectivity index (χ3n) is 2.31. The Hall–Kier alpha value is -1.50. The van der Waals surface area contributed by atoms with E-state index in [2.05, 4.69) is 31.2 Å². The topological polar surface area (TPSA) is 40.7 Å². The summed E-state index contributed by atoms with van der Waals surface area (Å²) >= 11 is 3.03. The van der Waals surface area contributed by atoms with Gasteiger partial charge in [-0.05, 0) is 18.2 Å². The van der Waals surface area contributed by atoms with Gasteiger partial charge >= 0.3 is 6.18 Å². The van der Waals surface area contributed by atoms with Crippen LogP contribution in [0.3, 0.4) is 0 Å². The zero-order valence-electron chi connectivity index (χ0n) is 9.05. The number of hydrogen-bond donors (Lipinski definition) is 2. The molecule has 7 heteroatoms. The molecule has 0 atom stereocenters. The largest absolute Gasteiger partial charge is 0.418 e. The van der Waals surface area contributed by atoms with E-state index in [-0.39, 0.29) is 12.2 Å². The molecule has 0 aliphatic heterocycles. The molecule has 18 heavy (non-hydrogen) atoms. The van der Waals surface area contributed by atoms with Crippen LogP contribution in [0, 0.1) is 0 Å². The molecule has 0 spiro atoms. The fourth-order valence-corrected chi connectivity index (χ4v) is 1.84. The van der Waals surface area contributed by atoms with Gasteiger partial charge in [0.05, 0.1) is 24.1 Å². The van der Waals surface area contributed by atoms with Crippen LogP contribution < -0.4 is 5.32 Å². The number of halogens is 4. The van der Waals surface area contributed by atoms with Crippen molar-refractivity contribution in [2.24, 2.45) is 0 Å². The van der Waals surface area contributed by atoms with Crippen LogP contribution in [-0.4, -0.2) is 9.97 Å². The Morgan fingerprint density at radius 1 is 1.33 bits per heavy atom. The Morgan fingerprint density at radius 3 is 2.72 bits per heavy atom. The van der Waals surface area contributed by atoms with E-state index in [9.17, 15) is 13.2 Å². The van der Waals surface area contributed by atoms with E-state index in [0.29, 0.717) is 10.2 Å². The second-order valence-electron chi connectivity index (χ2n) is 3.62. The normalized spacial score (nSPS) is 11.6. The lowest BCUT2D eigenvalue weighted by Gasteiger charge is -2.14. The number of aromatic amines is 1. The van der Waals surface area contributed by atoms with Crippen molar-refractivity contribution < 1.29 is 13.2 Å².